The molecule has 0 N–H and O–H groups in total. The van der Waals surface area contributed by atoms with E-state index in [0.29, 0.717) is 0 Å². The average Bonchev–Trinajstić information content (AvgIpc) is 2.53. The van der Waals surface area contributed by atoms with E-state index < -0.39 is 24.0 Å². The van der Waals surface area contributed by atoms with E-state index in [2.05, 4.69) is 0 Å². The van der Waals surface area contributed by atoms with Crippen LogP contribution < -0.4 is 5.11 Å². The van der Waals surface area contributed by atoms with Crippen molar-refractivity contribution in [1.82, 2.24) is 0 Å². The summed E-state index contributed by atoms with van der Waals surface area (Å²) in [5.41, 5.74) is 0.0802. The summed E-state index contributed by atoms with van der Waals surface area (Å²) in [6.07, 6.45) is -2.37. The number of benzene rings is 2. The monoisotopic (exact) mass is 335 g/mol. The van der Waals surface area contributed by atoms with Crippen molar-refractivity contribution >= 4 is 22.7 Å². The van der Waals surface area contributed by atoms with Crippen molar-refractivity contribution in [1.29, 1.82) is 0 Å². The number of carbonyl (C=O) groups is 2. The molecule has 2 rings (SSSR count). The highest BCUT2D eigenvalue weighted by Crippen LogP contribution is 2.27. The topological polar surface area (TPSA) is 66.4 Å². The van der Waals surface area contributed by atoms with Crippen molar-refractivity contribution in [2.45, 2.75) is 32.3 Å². The summed E-state index contributed by atoms with van der Waals surface area (Å²) in [5.74, 6) is -8.09. The fourth-order valence-electron chi connectivity index (χ4n) is 2.34. The second kappa shape index (κ2) is 6.95. The molecule has 0 aliphatic heterocycles. The number of hydrogen-bond acceptors (Lipinski definition) is 4. The molecule has 2 aromatic rings. The molecule has 24 heavy (non-hydrogen) atoms. The summed E-state index contributed by atoms with van der Waals surface area (Å²) in [6.45, 7) is 3.25. The van der Waals surface area contributed by atoms with Gasteiger partial charge >= 0.3 is 11.9 Å². The zero-order valence-electron chi connectivity index (χ0n) is 13.3. The average molecular weight is 335 g/mol. The number of halogens is 2. The highest BCUT2D eigenvalue weighted by Gasteiger charge is 2.44. The van der Waals surface area contributed by atoms with Crippen molar-refractivity contribution < 1.29 is 28.2 Å². The second-order valence-electron chi connectivity index (χ2n) is 6.00. The van der Waals surface area contributed by atoms with E-state index in [1.807, 2.05) is 12.1 Å². The maximum atomic E-state index is 13.8. The third-order valence-corrected chi connectivity index (χ3v) is 3.60. The zero-order chi connectivity index (χ0) is 17.9. The van der Waals surface area contributed by atoms with Crippen LogP contribution in [0.15, 0.2) is 42.5 Å². The molecular formula is C18H17F2O4-. The van der Waals surface area contributed by atoms with Gasteiger partial charge in [-0.3, -0.25) is 0 Å². The normalized spacial score (nSPS) is 13.0. The first-order chi connectivity index (χ1) is 11.2. The standard InChI is InChI=1S/C18H18F2O4/c1-11(2)9-15(18(19,20)17(22)23)24-16(21)14-8-7-12-5-3-4-6-13(12)10-14/h3-8,10-11,15H,9H2,1-2H3,(H,22,23)/p-1. The molecular weight excluding hydrogens is 318 g/mol. The van der Waals surface area contributed by atoms with Gasteiger partial charge in [-0.15, -0.1) is 0 Å². The molecule has 0 spiro atoms. The first-order valence-corrected chi connectivity index (χ1v) is 7.51. The molecule has 4 nitrogen and oxygen atoms in total. The van der Waals surface area contributed by atoms with Gasteiger partial charge in [0.25, 0.3) is 0 Å². The predicted molar refractivity (Wildman–Crippen MR) is 82.6 cm³/mol. The lowest BCUT2D eigenvalue weighted by atomic mass is 10.0. The molecule has 0 fully saturated rings. The third kappa shape index (κ3) is 3.88. The van der Waals surface area contributed by atoms with Crippen molar-refractivity contribution in [2.24, 2.45) is 5.92 Å². The quantitative estimate of drug-likeness (QED) is 0.762. The van der Waals surface area contributed by atoms with Crippen molar-refractivity contribution in [2.75, 3.05) is 0 Å². The summed E-state index contributed by atoms with van der Waals surface area (Å²) >= 11 is 0. The number of alkyl halides is 2. The maximum absolute atomic E-state index is 13.8. The Balaban J connectivity index is 2.26. The number of rotatable bonds is 6. The number of carboxylic acids is 1. The van der Waals surface area contributed by atoms with Crippen molar-refractivity contribution in [3.05, 3.63) is 48.0 Å². The minimum Gasteiger partial charge on any atom is -0.544 e. The Kier molecular flexibility index (Phi) is 5.17. The summed E-state index contributed by atoms with van der Waals surface area (Å²) in [7, 11) is 0. The Hall–Kier alpha value is -2.50. The first kappa shape index (κ1) is 17.8. The van der Waals surface area contributed by atoms with Crippen LogP contribution in [0.2, 0.25) is 0 Å². The number of hydrogen-bond donors (Lipinski definition) is 0. The van der Waals surface area contributed by atoms with Crippen LogP contribution in [-0.2, 0) is 9.53 Å². The smallest absolute Gasteiger partial charge is 0.338 e. The van der Waals surface area contributed by atoms with Gasteiger partial charge in [0.15, 0.2) is 6.10 Å². The van der Waals surface area contributed by atoms with E-state index in [4.69, 9.17) is 4.74 Å². The Bertz CT molecular complexity index is 756. The molecule has 0 aliphatic rings. The van der Waals surface area contributed by atoms with Crippen LogP contribution >= 0.6 is 0 Å². The Morgan fingerprint density at radius 1 is 1.12 bits per heavy atom. The molecule has 0 heterocycles. The number of esters is 1. The van der Waals surface area contributed by atoms with Gasteiger partial charge < -0.3 is 14.6 Å². The Labute approximate surface area is 138 Å². The molecule has 1 unspecified atom stereocenters. The van der Waals surface area contributed by atoms with E-state index in [1.54, 1.807) is 32.0 Å². The molecule has 0 amide bonds. The summed E-state index contributed by atoms with van der Waals surface area (Å²) < 4.78 is 32.3. The number of ether oxygens (including phenoxy) is 1. The molecule has 0 aliphatic carbocycles. The van der Waals surface area contributed by atoms with Gasteiger partial charge in [-0.05, 0) is 35.2 Å². The SMILES string of the molecule is CC(C)CC(OC(=O)c1ccc2ccccc2c1)C(F)(F)C(=O)[O-]. The van der Waals surface area contributed by atoms with Gasteiger partial charge in [-0.1, -0.05) is 44.2 Å². The molecule has 2 aromatic carbocycles. The van der Waals surface area contributed by atoms with E-state index in [0.717, 1.165) is 10.8 Å². The predicted octanol–water partition coefficient (Wildman–Crippen LogP) is 2.80. The van der Waals surface area contributed by atoms with Crippen LogP contribution in [0.5, 0.6) is 0 Å². The molecule has 0 radical (unpaired) electrons. The lowest BCUT2D eigenvalue weighted by Gasteiger charge is -2.28. The van der Waals surface area contributed by atoms with Gasteiger partial charge in [0.1, 0.15) is 5.97 Å². The van der Waals surface area contributed by atoms with Gasteiger partial charge in [0.2, 0.25) is 0 Å². The molecule has 0 saturated heterocycles. The molecule has 6 heteroatoms. The minimum absolute atomic E-state index is 0.0802. The van der Waals surface area contributed by atoms with E-state index in [9.17, 15) is 23.5 Å². The van der Waals surface area contributed by atoms with E-state index in [-0.39, 0.29) is 17.9 Å². The van der Waals surface area contributed by atoms with Gasteiger partial charge in [0, 0.05) is 0 Å². The number of carbonyl (C=O) groups excluding carboxylic acids is 2. The minimum atomic E-state index is -4.25. The number of carboxylic acid groups (broad SMARTS) is 1. The van der Waals surface area contributed by atoms with Crippen LogP contribution in [0.1, 0.15) is 30.6 Å². The van der Waals surface area contributed by atoms with E-state index in [1.165, 1.54) is 12.1 Å². The number of aliphatic carboxylic acids is 1. The molecule has 0 bridgehead atoms. The highest BCUT2D eigenvalue weighted by atomic mass is 19.3. The van der Waals surface area contributed by atoms with Gasteiger partial charge in [-0.25, -0.2) is 4.79 Å². The van der Waals surface area contributed by atoms with Crippen LogP contribution in [0, 0.1) is 5.92 Å². The van der Waals surface area contributed by atoms with Crippen molar-refractivity contribution in [3.8, 4) is 0 Å². The van der Waals surface area contributed by atoms with E-state index >= 15 is 0 Å². The van der Waals surface area contributed by atoms with Crippen LogP contribution in [-0.4, -0.2) is 24.0 Å². The lowest BCUT2D eigenvalue weighted by molar-refractivity contribution is -0.336. The van der Waals surface area contributed by atoms with Crippen molar-refractivity contribution in [3.63, 3.8) is 0 Å². The fourth-order valence-corrected chi connectivity index (χ4v) is 2.34. The van der Waals surface area contributed by atoms with Gasteiger partial charge in [0.05, 0.1) is 5.56 Å². The zero-order valence-corrected chi connectivity index (χ0v) is 13.3. The van der Waals surface area contributed by atoms with Crippen LogP contribution in [0.25, 0.3) is 10.8 Å². The molecule has 128 valence electrons. The fraction of sp³-hybridized carbons (Fsp3) is 0.333. The largest absolute Gasteiger partial charge is 0.544 e. The molecule has 1 atom stereocenters. The lowest BCUT2D eigenvalue weighted by Crippen LogP contribution is -2.51. The first-order valence-electron chi connectivity index (χ1n) is 7.51. The number of fused-ring (bicyclic) bond motifs is 1. The molecule has 0 saturated carbocycles. The summed E-state index contributed by atoms with van der Waals surface area (Å²) in [6, 6.07) is 11.9. The van der Waals surface area contributed by atoms with Gasteiger partial charge in [-0.2, -0.15) is 8.78 Å². The summed E-state index contributed by atoms with van der Waals surface area (Å²) in [4.78, 5) is 22.9. The Morgan fingerprint density at radius 2 is 1.75 bits per heavy atom. The van der Waals surface area contributed by atoms with Crippen LogP contribution in [0.3, 0.4) is 0 Å². The third-order valence-electron chi connectivity index (χ3n) is 3.60. The van der Waals surface area contributed by atoms with Crippen LogP contribution in [0.4, 0.5) is 8.78 Å². The highest BCUT2D eigenvalue weighted by molar-refractivity contribution is 5.95. The summed E-state index contributed by atoms with van der Waals surface area (Å²) in [5, 5.41) is 12.3. The second-order valence-corrected chi connectivity index (χ2v) is 6.00. The molecule has 0 aromatic heterocycles. The Morgan fingerprint density at radius 3 is 2.33 bits per heavy atom. The maximum Gasteiger partial charge on any atom is 0.338 e.